The summed E-state index contributed by atoms with van der Waals surface area (Å²) in [6, 6.07) is 11.4. The van der Waals surface area contributed by atoms with E-state index in [1.807, 2.05) is 30.3 Å². The van der Waals surface area contributed by atoms with E-state index in [9.17, 15) is 0 Å². The van der Waals surface area contributed by atoms with Crippen molar-refractivity contribution in [1.29, 1.82) is 0 Å². The summed E-state index contributed by atoms with van der Waals surface area (Å²) >= 11 is 0. The van der Waals surface area contributed by atoms with Gasteiger partial charge in [-0.2, -0.15) is 0 Å². The van der Waals surface area contributed by atoms with Crippen molar-refractivity contribution in [2.24, 2.45) is 11.8 Å². The molecule has 1 aromatic carbocycles. The Morgan fingerprint density at radius 3 is 1.93 bits per heavy atom. The summed E-state index contributed by atoms with van der Waals surface area (Å²) in [5.41, 5.74) is 3.02. The maximum absolute atomic E-state index is 6.04. The van der Waals surface area contributed by atoms with Crippen LogP contribution in [-0.4, -0.2) is 14.7 Å². The third-order valence-corrected chi connectivity index (χ3v) is 11.4. The average Bonchev–Trinajstić information content (AvgIpc) is 3.42. The van der Waals surface area contributed by atoms with E-state index in [2.05, 4.69) is 79.5 Å². The highest BCUT2D eigenvalue weighted by Crippen LogP contribution is 2.45. The van der Waals surface area contributed by atoms with E-state index in [1.54, 1.807) is 10.4 Å². The summed E-state index contributed by atoms with van der Waals surface area (Å²) in [7, 11) is -1.90. The molecule has 1 aromatic rings. The molecule has 4 aliphatic carbocycles. The number of ether oxygens (including phenoxy) is 1. The molecule has 0 bridgehead atoms. The minimum Gasteiger partial charge on any atom is -0.494 e. The summed E-state index contributed by atoms with van der Waals surface area (Å²) in [4.78, 5) is 0. The quantitative estimate of drug-likeness (QED) is 0.355. The Kier molecular flexibility index (Phi) is 5.18. The lowest BCUT2D eigenvalue weighted by Crippen LogP contribution is -2.37. The van der Waals surface area contributed by atoms with Gasteiger partial charge in [0.05, 0.1) is 6.61 Å². The van der Waals surface area contributed by atoms with E-state index in [4.69, 9.17) is 4.74 Å². The molecule has 0 spiro atoms. The van der Waals surface area contributed by atoms with Gasteiger partial charge in [0.2, 0.25) is 0 Å². The zero-order valence-electron chi connectivity index (χ0n) is 17.5. The van der Waals surface area contributed by atoms with Crippen molar-refractivity contribution in [3.63, 3.8) is 0 Å². The SMILES string of the molecule is C[Si](CCCOc1ccccc1)(C1=C2C=CC=CC2C=C1)C1=C2C=CC=CC2C=C1. The van der Waals surface area contributed by atoms with Crippen molar-refractivity contribution in [3.8, 4) is 5.75 Å². The van der Waals surface area contributed by atoms with Crippen molar-refractivity contribution < 1.29 is 4.74 Å². The van der Waals surface area contributed by atoms with Crippen LogP contribution in [-0.2, 0) is 0 Å². The van der Waals surface area contributed by atoms with Crippen LogP contribution in [0.15, 0.2) is 125 Å². The number of hydrogen-bond donors (Lipinski definition) is 0. The van der Waals surface area contributed by atoms with Gasteiger partial charge in [0.25, 0.3) is 0 Å². The van der Waals surface area contributed by atoms with Gasteiger partial charge in [0.1, 0.15) is 13.8 Å². The van der Waals surface area contributed by atoms with E-state index in [-0.39, 0.29) is 0 Å². The summed E-state index contributed by atoms with van der Waals surface area (Å²) in [5, 5.41) is 3.20. The molecule has 2 heteroatoms. The minimum absolute atomic E-state index is 0.450. The van der Waals surface area contributed by atoms with E-state index >= 15 is 0 Å². The van der Waals surface area contributed by atoms with Crippen molar-refractivity contribution in [1.82, 2.24) is 0 Å². The van der Waals surface area contributed by atoms with Gasteiger partial charge < -0.3 is 4.74 Å². The second kappa shape index (κ2) is 8.12. The lowest BCUT2D eigenvalue weighted by atomic mass is 9.98. The third kappa shape index (κ3) is 3.46. The van der Waals surface area contributed by atoms with Crippen molar-refractivity contribution in [3.05, 3.63) is 125 Å². The van der Waals surface area contributed by atoms with Crippen LogP contribution in [0.4, 0.5) is 0 Å². The van der Waals surface area contributed by atoms with Crippen LogP contribution in [0.1, 0.15) is 6.42 Å². The van der Waals surface area contributed by atoms with Crippen LogP contribution >= 0.6 is 0 Å². The van der Waals surface area contributed by atoms with Crippen LogP contribution in [0.5, 0.6) is 5.75 Å². The third-order valence-electron chi connectivity index (χ3n) is 6.71. The van der Waals surface area contributed by atoms with Gasteiger partial charge in [-0.25, -0.2) is 0 Å². The lowest BCUT2D eigenvalue weighted by Gasteiger charge is -2.33. The highest BCUT2D eigenvalue weighted by Gasteiger charge is 2.40. The standard InChI is InChI=1S/C28H28OSi/c1-30(21-9-20-29-24-12-3-2-4-13-24,27-18-16-22-10-5-7-14-25(22)27)28-19-17-23-11-6-8-15-26(23)28/h2-8,10-19,22-23H,9,20-21H2,1H3. The van der Waals surface area contributed by atoms with Crippen molar-refractivity contribution in [2.75, 3.05) is 6.61 Å². The highest BCUT2D eigenvalue weighted by molar-refractivity contribution is 6.93. The number of allylic oxidation sites excluding steroid dienone is 16. The topological polar surface area (TPSA) is 9.23 Å². The molecule has 0 N–H and O–H groups in total. The molecule has 0 fully saturated rings. The van der Waals surface area contributed by atoms with E-state index in [1.165, 1.54) is 17.2 Å². The maximum atomic E-state index is 6.04. The van der Waals surface area contributed by atoms with Crippen molar-refractivity contribution >= 4 is 8.07 Å². The number of benzene rings is 1. The van der Waals surface area contributed by atoms with Crippen LogP contribution in [0.2, 0.25) is 12.6 Å². The van der Waals surface area contributed by atoms with Gasteiger partial charge in [-0.3, -0.25) is 0 Å². The number of para-hydroxylation sites is 1. The van der Waals surface area contributed by atoms with Gasteiger partial charge in [-0.1, -0.05) is 108 Å². The Morgan fingerprint density at radius 1 is 0.733 bits per heavy atom. The van der Waals surface area contributed by atoms with Gasteiger partial charge >= 0.3 is 0 Å². The molecule has 0 saturated carbocycles. The smallest absolute Gasteiger partial charge is 0.119 e. The molecule has 0 aliphatic heterocycles. The van der Waals surface area contributed by atoms with Crippen LogP contribution in [0, 0.1) is 11.8 Å². The number of hydrogen-bond acceptors (Lipinski definition) is 1. The monoisotopic (exact) mass is 408 g/mol. The van der Waals surface area contributed by atoms with E-state index < -0.39 is 8.07 Å². The van der Waals surface area contributed by atoms with E-state index in [0.29, 0.717) is 11.8 Å². The van der Waals surface area contributed by atoms with Gasteiger partial charge in [-0.05, 0) is 35.7 Å². The van der Waals surface area contributed by atoms with Gasteiger partial charge in [0, 0.05) is 11.8 Å². The summed E-state index contributed by atoms with van der Waals surface area (Å²) in [6.45, 7) is 3.33. The van der Waals surface area contributed by atoms with Crippen LogP contribution in [0.3, 0.4) is 0 Å². The molecule has 150 valence electrons. The fraction of sp³-hybridized carbons (Fsp3) is 0.214. The zero-order valence-corrected chi connectivity index (χ0v) is 18.5. The van der Waals surface area contributed by atoms with Crippen molar-refractivity contribution in [2.45, 2.75) is 19.0 Å². The maximum Gasteiger partial charge on any atom is 0.119 e. The first-order valence-electron chi connectivity index (χ1n) is 11.0. The first-order chi connectivity index (χ1) is 14.8. The Hall–Kier alpha value is -2.84. The molecule has 1 nitrogen and oxygen atoms in total. The lowest BCUT2D eigenvalue weighted by molar-refractivity contribution is 0.317. The molecule has 0 radical (unpaired) electrons. The highest BCUT2D eigenvalue weighted by atomic mass is 28.3. The Labute approximate surface area is 180 Å². The zero-order chi connectivity index (χ0) is 20.4. The second-order valence-corrected chi connectivity index (χ2v) is 12.8. The Balaban J connectivity index is 1.45. The molecule has 2 atom stereocenters. The number of rotatable bonds is 7. The molecular weight excluding hydrogens is 380 g/mol. The van der Waals surface area contributed by atoms with Crippen LogP contribution in [0.25, 0.3) is 0 Å². The average molecular weight is 409 g/mol. The van der Waals surface area contributed by atoms with E-state index in [0.717, 1.165) is 18.8 Å². The molecular formula is C28H28OSi. The predicted molar refractivity (Wildman–Crippen MR) is 129 cm³/mol. The molecule has 30 heavy (non-hydrogen) atoms. The molecule has 0 aromatic heterocycles. The van der Waals surface area contributed by atoms with Gasteiger partial charge in [-0.15, -0.1) is 0 Å². The molecule has 5 rings (SSSR count). The predicted octanol–water partition coefficient (Wildman–Crippen LogP) is 6.83. The first kappa shape index (κ1) is 19.1. The Morgan fingerprint density at radius 2 is 1.33 bits per heavy atom. The molecule has 0 saturated heterocycles. The molecule has 4 aliphatic rings. The fourth-order valence-corrected chi connectivity index (χ4v) is 9.52. The molecule has 0 amide bonds. The molecule has 2 unspecified atom stereocenters. The molecule has 0 heterocycles. The normalized spacial score (nSPS) is 25.1. The van der Waals surface area contributed by atoms with Crippen LogP contribution < -0.4 is 4.74 Å². The summed E-state index contributed by atoms with van der Waals surface area (Å²) < 4.78 is 6.04. The first-order valence-corrected chi connectivity index (χ1v) is 13.7. The second-order valence-electron chi connectivity index (χ2n) is 8.59. The largest absolute Gasteiger partial charge is 0.494 e. The summed E-state index contributed by atoms with van der Waals surface area (Å²) in [6.07, 6.45) is 28.8. The fourth-order valence-electron chi connectivity index (χ4n) is 5.13. The minimum atomic E-state index is -1.90. The Bertz CT molecular complexity index is 999. The van der Waals surface area contributed by atoms with Gasteiger partial charge in [0.15, 0.2) is 0 Å². The number of fused-ring (bicyclic) bond motifs is 2. The summed E-state index contributed by atoms with van der Waals surface area (Å²) in [5.74, 6) is 1.87.